The molecule has 0 aliphatic carbocycles. The lowest BCUT2D eigenvalue weighted by molar-refractivity contribution is -0.137. The van der Waals surface area contributed by atoms with Gasteiger partial charge >= 0.3 is 6.18 Å². The van der Waals surface area contributed by atoms with Gasteiger partial charge in [0.1, 0.15) is 5.69 Å². The van der Waals surface area contributed by atoms with Crippen molar-refractivity contribution in [2.75, 3.05) is 0 Å². The van der Waals surface area contributed by atoms with Crippen molar-refractivity contribution in [2.45, 2.75) is 6.18 Å². The maximum atomic E-state index is 13.0. The second kappa shape index (κ2) is 4.92. The molecule has 0 aromatic carbocycles. The minimum absolute atomic E-state index is 0.0395. The Kier molecular flexibility index (Phi) is 3.21. The fourth-order valence-electron chi connectivity index (χ4n) is 1.88. The maximum Gasteiger partial charge on any atom is 0.418 e. The lowest BCUT2D eigenvalue weighted by Crippen LogP contribution is -2.09. The van der Waals surface area contributed by atoms with Crippen molar-refractivity contribution in [1.29, 1.82) is 0 Å². The normalized spacial score (nSPS) is 11.8. The number of hydrogen-bond acceptors (Lipinski definition) is 4. The Bertz CT molecular complexity index is 820. The minimum atomic E-state index is -4.54. The largest absolute Gasteiger partial charge is 0.418 e. The summed E-state index contributed by atoms with van der Waals surface area (Å²) in [6, 6.07) is 5.41. The molecule has 0 unspecified atom stereocenters. The number of alkyl halides is 3. The molecule has 0 N–H and O–H groups in total. The zero-order valence-electron chi connectivity index (χ0n) is 10.3. The molecule has 8 heteroatoms. The van der Waals surface area contributed by atoms with Gasteiger partial charge in [0.25, 0.3) is 0 Å². The molecule has 0 saturated carbocycles. The van der Waals surface area contributed by atoms with Crippen molar-refractivity contribution >= 4 is 22.6 Å². The average molecular weight is 311 g/mol. The van der Waals surface area contributed by atoms with E-state index in [0.717, 1.165) is 12.3 Å². The van der Waals surface area contributed by atoms with E-state index in [4.69, 9.17) is 11.6 Å². The lowest BCUT2D eigenvalue weighted by Gasteiger charge is -2.10. The van der Waals surface area contributed by atoms with Gasteiger partial charge in [0.05, 0.1) is 22.5 Å². The number of rotatable bonds is 1. The summed E-state index contributed by atoms with van der Waals surface area (Å²) in [5, 5.41) is 8.03. The Morgan fingerprint density at radius 3 is 2.57 bits per heavy atom. The first kappa shape index (κ1) is 13.7. The van der Waals surface area contributed by atoms with Crippen molar-refractivity contribution in [3.8, 4) is 11.4 Å². The van der Waals surface area contributed by atoms with Crippen molar-refractivity contribution < 1.29 is 13.2 Å². The zero-order chi connectivity index (χ0) is 15.0. The molecule has 0 bridgehead atoms. The molecule has 21 heavy (non-hydrogen) atoms. The molecule has 0 spiro atoms. The van der Waals surface area contributed by atoms with Gasteiger partial charge in [-0.25, -0.2) is 9.97 Å². The van der Waals surface area contributed by atoms with Gasteiger partial charge in [0.15, 0.2) is 5.65 Å². The molecule has 0 fully saturated rings. The van der Waals surface area contributed by atoms with Gasteiger partial charge in [-0.3, -0.25) is 0 Å². The van der Waals surface area contributed by atoms with Gasteiger partial charge in [-0.15, -0.1) is 5.10 Å². The SMILES string of the molecule is FC(F)(F)c1ccnnc1-c1ccc2c(Cl)ccnc2n1. The van der Waals surface area contributed by atoms with Gasteiger partial charge in [-0.1, -0.05) is 11.6 Å². The van der Waals surface area contributed by atoms with Crippen LogP contribution in [0, 0.1) is 0 Å². The van der Waals surface area contributed by atoms with Crippen molar-refractivity contribution in [3.05, 3.63) is 47.2 Å². The third-order valence-corrected chi connectivity index (χ3v) is 3.15. The molecular formula is C13H6ClF3N4. The summed E-state index contributed by atoms with van der Waals surface area (Å²) in [7, 11) is 0. The van der Waals surface area contributed by atoms with E-state index in [9.17, 15) is 13.2 Å². The molecule has 0 radical (unpaired) electrons. The van der Waals surface area contributed by atoms with Gasteiger partial charge in [0.2, 0.25) is 0 Å². The van der Waals surface area contributed by atoms with Crippen molar-refractivity contribution in [3.63, 3.8) is 0 Å². The Labute approximate surface area is 121 Å². The quantitative estimate of drug-likeness (QED) is 0.686. The van der Waals surface area contributed by atoms with Crippen LogP contribution in [0.4, 0.5) is 13.2 Å². The number of pyridine rings is 2. The van der Waals surface area contributed by atoms with E-state index < -0.39 is 11.7 Å². The lowest BCUT2D eigenvalue weighted by atomic mass is 10.1. The Balaban J connectivity index is 2.22. The van der Waals surface area contributed by atoms with Crippen LogP contribution in [-0.4, -0.2) is 20.2 Å². The van der Waals surface area contributed by atoms with Crippen LogP contribution in [0.2, 0.25) is 5.02 Å². The maximum absolute atomic E-state index is 13.0. The third kappa shape index (κ3) is 2.52. The van der Waals surface area contributed by atoms with Crippen LogP contribution in [-0.2, 0) is 6.18 Å². The Hall–Kier alpha value is -2.28. The highest BCUT2D eigenvalue weighted by atomic mass is 35.5. The van der Waals surface area contributed by atoms with E-state index in [0.29, 0.717) is 10.4 Å². The highest BCUT2D eigenvalue weighted by Gasteiger charge is 2.35. The number of hydrogen-bond donors (Lipinski definition) is 0. The Morgan fingerprint density at radius 2 is 1.81 bits per heavy atom. The van der Waals surface area contributed by atoms with E-state index in [1.165, 1.54) is 12.3 Å². The first-order chi connectivity index (χ1) is 9.97. The fraction of sp³-hybridized carbons (Fsp3) is 0.0769. The monoisotopic (exact) mass is 310 g/mol. The first-order valence-electron chi connectivity index (χ1n) is 5.77. The predicted octanol–water partition coefficient (Wildman–Crippen LogP) is 3.76. The van der Waals surface area contributed by atoms with Crippen LogP contribution < -0.4 is 0 Å². The number of halogens is 4. The fourth-order valence-corrected chi connectivity index (χ4v) is 2.08. The van der Waals surface area contributed by atoms with E-state index >= 15 is 0 Å². The van der Waals surface area contributed by atoms with Crippen LogP contribution in [0.1, 0.15) is 5.56 Å². The highest BCUT2D eigenvalue weighted by Crippen LogP contribution is 2.35. The Morgan fingerprint density at radius 1 is 1.00 bits per heavy atom. The minimum Gasteiger partial charge on any atom is -0.237 e. The smallest absolute Gasteiger partial charge is 0.237 e. The summed E-state index contributed by atoms with van der Waals surface area (Å²) in [5.41, 5.74) is -0.948. The van der Waals surface area contributed by atoms with Crippen LogP contribution in [0.15, 0.2) is 36.7 Å². The first-order valence-corrected chi connectivity index (χ1v) is 6.15. The summed E-state index contributed by atoms with van der Waals surface area (Å²) in [6.07, 6.45) is -2.12. The molecular weight excluding hydrogens is 305 g/mol. The van der Waals surface area contributed by atoms with Crippen LogP contribution in [0.25, 0.3) is 22.4 Å². The van der Waals surface area contributed by atoms with Gasteiger partial charge < -0.3 is 0 Å². The van der Waals surface area contributed by atoms with Crippen LogP contribution in [0.5, 0.6) is 0 Å². The number of fused-ring (bicyclic) bond motifs is 1. The summed E-state index contributed by atoms with van der Waals surface area (Å²) in [6.45, 7) is 0. The summed E-state index contributed by atoms with van der Waals surface area (Å²) in [5.74, 6) is 0. The molecule has 0 amide bonds. The van der Waals surface area contributed by atoms with E-state index in [1.807, 2.05) is 0 Å². The molecule has 106 valence electrons. The van der Waals surface area contributed by atoms with Crippen LogP contribution in [0.3, 0.4) is 0 Å². The zero-order valence-corrected chi connectivity index (χ0v) is 11.0. The molecule has 0 aliphatic heterocycles. The van der Waals surface area contributed by atoms with E-state index in [-0.39, 0.29) is 17.0 Å². The number of nitrogens with zero attached hydrogens (tertiary/aromatic N) is 4. The summed E-state index contributed by atoms with van der Waals surface area (Å²) in [4.78, 5) is 8.08. The van der Waals surface area contributed by atoms with E-state index in [1.54, 1.807) is 12.1 Å². The molecule has 0 atom stereocenters. The topological polar surface area (TPSA) is 51.6 Å². The summed E-state index contributed by atoms with van der Waals surface area (Å²) >= 11 is 5.97. The molecule has 3 aromatic heterocycles. The van der Waals surface area contributed by atoms with Gasteiger partial charge in [-0.05, 0) is 24.3 Å². The van der Waals surface area contributed by atoms with Crippen LogP contribution >= 0.6 is 11.6 Å². The molecule has 0 aliphatic rings. The average Bonchev–Trinajstić information content (AvgIpc) is 2.46. The number of aromatic nitrogens is 4. The highest BCUT2D eigenvalue weighted by molar-refractivity contribution is 6.35. The van der Waals surface area contributed by atoms with Crippen molar-refractivity contribution in [2.24, 2.45) is 0 Å². The van der Waals surface area contributed by atoms with Gasteiger partial charge in [-0.2, -0.15) is 18.3 Å². The summed E-state index contributed by atoms with van der Waals surface area (Å²) < 4.78 is 38.9. The van der Waals surface area contributed by atoms with E-state index in [2.05, 4.69) is 20.2 Å². The van der Waals surface area contributed by atoms with Gasteiger partial charge in [0, 0.05) is 11.6 Å². The molecule has 3 aromatic rings. The molecule has 4 nitrogen and oxygen atoms in total. The molecule has 3 rings (SSSR count). The standard InChI is InChI=1S/C13H6ClF3N4/c14-9-4-5-18-12-7(9)1-2-10(20-12)11-8(13(15,16)17)3-6-19-21-11/h1-6H. The second-order valence-electron chi connectivity index (χ2n) is 4.15. The van der Waals surface area contributed by atoms with Crippen molar-refractivity contribution in [1.82, 2.24) is 20.2 Å². The predicted molar refractivity (Wildman–Crippen MR) is 70.6 cm³/mol. The molecule has 0 saturated heterocycles. The third-order valence-electron chi connectivity index (χ3n) is 2.82. The second-order valence-corrected chi connectivity index (χ2v) is 4.56. The molecule has 3 heterocycles.